The molecule has 3 amide bonds. The molecular weight excluding hydrogens is 184 g/mol. The molecule has 0 radical (unpaired) electrons. The summed E-state index contributed by atoms with van der Waals surface area (Å²) in [7, 11) is 0. The van der Waals surface area contributed by atoms with Gasteiger partial charge in [-0.15, -0.1) is 6.42 Å². The number of imide groups is 1. The predicted octanol–water partition coefficient (Wildman–Crippen LogP) is -1.12. The van der Waals surface area contributed by atoms with E-state index in [-0.39, 0.29) is 18.9 Å². The first-order chi connectivity index (χ1) is 6.56. The molecule has 1 fully saturated rings. The van der Waals surface area contributed by atoms with E-state index >= 15 is 0 Å². The molecule has 74 valence electrons. The molecule has 0 bridgehead atoms. The minimum absolute atomic E-state index is 0.0924. The lowest BCUT2D eigenvalue weighted by molar-refractivity contribution is -0.148. The maximum absolute atomic E-state index is 11.4. The molecule has 0 spiro atoms. The molecule has 0 aromatic rings. The number of terminal acetylenes is 1. The lowest BCUT2D eigenvalue weighted by Crippen LogP contribution is -2.58. The van der Waals surface area contributed by atoms with E-state index in [4.69, 9.17) is 6.42 Å². The van der Waals surface area contributed by atoms with Crippen LogP contribution in [0.15, 0.2) is 0 Å². The van der Waals surface area contributed by atoms with Gasteiger partial charge in [0, 0.05) is 0 Å². The Balaban J connectivity index is 2.77. The molecule has 1 saturated heterocycles. The molecule has 5 nitrogen and oxygen atoms in total. The third-order valence-corrected chi connectivity index (χ3v) is 2.00. The highest BCUT2D eigenvalue weighted by atomic mass is 16.2. The maximum atomic E-state index is 11.4. The molecule has 1 aliphatic heterocycles. The van der Waals surface area contributed by atoms with Crippen molar-refractivity contribution in [3.05, 3.63) is 0 Å². The van der Waals surface area contributed by atoms with Gasteiger partial charge < -0.3 is 4.90 Å². The van der Waals surface area contributed by atoms with Crippen molar-refractivity contribution in [3.63, 3.8) is 0 Å². The van der Waals surface area contributed by atoms with Crippen molar-refractivity contribution in [2.24, 2.45) is 0 Å². The Morgan fingerprint density at radius 3 is 2.93 bits per heavy atom. The van der Waals surface area contributed by atoms with Crippen LogP contribution in [0.5, 0.6) is 0 Å². The van der Waals surface area contributed by atoms with E-state index in [1.165, 1.54) is 4.90 Å². The number of piperazine rings is 1. The zero-order valence-corrected chi connectivity index (χ0v) is 7.74. The third kappa shape index (κ3) is 1.91. The van der Waals surface area contributed by atoms with E-state index in [1.807, 2.05) is 0 Å². The van der Waals surface area contributed by atoms with Crippen LogP contribution in [0.4, 0.5) is 0 Å². The fourth-order valence-corrected chi connectivity index (χ4v) is 1.21. The van der Waals surface area contributed by atoms with Gasteiger partial charge in [-0.25, -0.2) is 0 Å². The summed E-state index contributed by atoms with van der Waals surface area (Å²) >= 11 is 0. The Labute approximate surface area is 81.4 Å². The van der Waals surface area contributed by atoms with Crippen molar-refractivity contribution >= 4 is 17.7 Å². The molecule has 1 atom stereocenters. The number of hydrogen-bond donors (Lipinski definition) is 1. The number of carbonyl (C=O) groups is 3. The van der Waals surface area contributed by atoms with Crippen molar-refractivity contribution in [1.29, 1.82) is 0 Å². The first kappa shape index (κ1) is 10.3. The van der Waals surface area contributed by atoms with Gasteiger partial charge in [0.15, 0.2) is 0 Å². The topological polar surface area (TPSA) is 66.5 Å². The van der Waals surface area contributed by atoms with Gasteiger partial charge in [-0.1, -0.05) is 5.92 Å². The fraction of sp³-hybridized carbons (Fsp3) is 0.444. The number of nitrogens with zero attached hydrogens (tertiary/aromatic N) is 1. The van der Waals surface area contributed by atoms with E-state index < -0.39 is 17.9 Å². The molecule has 14 heavy (non-hydrogen) atoms. The van der Waals surface area contributed by atoms with E-state index in [0.29, 0.717) is 0 Å². The van der Waals surface area contributed by atoms with Crippen LogP contribution in [0.25, 0.3) is 0 Å². The van der Waals surface area contributed by atoms with Crippen molar-refractivity contribution in [2.45, 2.75) is 19.4 Å². The van der Waals surface area contributed by atoms with Gasteiger partial charge in [-0.05, 0) is 6.92 Å². The van der Waals surface area contributed by atoms with Crippen molar-refractivity contribution in [2.75, 3.05) is 6.54 Å². The zero-order valence-electron chi connectivity index (χ0n) is 7.74. The van der Waals surface area contributed by atoms with Gasteiger partial charge in [0.25, 0.3) is 0 Å². The minimum atomic E-state index is -0.631. The second-order valence-corrected chi connectivity index (χ2v) is 2.99. The molecular formula is C9H10N2O3. The van der Waals surface area contributed by atoms with Gasteiger partial charge in [-0.2, -0.15) is 0 Å². The molecule has 5 heteroatoms. The van der Waals surface area contributed by atoms with Crippen LogP contribution < -0.4 is 5.32 Å². The lowest BCUT2D eigenvalue weighted by Gasteiger charge is -2.31. The monoisotopic (exact) mass is 194 g/mol. The average molecular weight is 194 g/mol. The van der Waals surface area contributed by atoms with E-state index in [2.05, 4.69) is 11.2 Å². The Hall–Kier alpha value is -1.83. The third-order valence-electron chi connectivity index (χ3n) is 2.00. The minimum Gasteiger partial charge on any atom is -0.321 e. The van der Waals surface area contributed by atoms with Gasteiger partial charge >= 0.3 is 0 Å². The summed E-state index contributed by atoms with van der Waals surface area (Å²) in [6.45, 7) is 1.45. The Bertz CT molecular complexity index is 329. The molecule has 1 rings (SSSR count). The molecule has 1 heterocycles. The van der Waals surface area contributed by atoms with Crippen LogP contribution in [-0.2, 0) is 14.4 Å². The van der Waals surface area contributed by atoms with Crippen LogP contribution in [-0.4, -0.2) is 35.2 Å². The summed E-state index contributed by atoms with van der Waals surface area (Å²) in [4.78, 5) is 34.6. The van der Waals surface area contributed by atoms with Crippen molar-refractivity contribution < 1.29 is 14.4 Å². The molecule has 1 N–H and O–H groups in total. The number of rotatable bonds is 1. The van der Waals surface area contributed by atoms with Crippen LogP contribution in [0.1, 0.15) is 13.3 Å². The first-order valence-electron chi connectivity index (χ1n) is 4.13. The highest BCUT2D eigenvalue weighted by molar-refractivity contribution is 6.04. The fourth-order valence-electron chi connectivity index (χ4n) is 1.21. The SMILES string of the molecule is C#CCC(=O)N1CC(=O)NC(=O)C1C. The van der Waals surface area contributed by atoms with Gasteiger partial charge in [-0.3, -0.25) is 19.7 Å². The zero-order chi connectivity index (χ0) is 10.7. The normalized spacial score (nSPS) is 21.4. The molecule has 1 aliphatic rings. The number of hydrogen-bond acceptors (Lipinski definition) is 3. The standard InChI is InChI=1S/C9H10N2O3/c1-3-4-8(13)11-5-7(12)10-9(14)6(11)2/h1,6H,4-5H2,2H3,(H,10,12,14). The summed E-state index contributed by atoms with van der Waals surface area (Å²) in [6, 6.07) is -0.631. The van der Waals surface area contributed by atoms with E-state index in [9.17, 15) is 14.4 Å². The Morgan fingerprint density at radius 1 is 1.71 bits per heavy atom. The molecule has 0 aliphatic carbocycles. The largest absolute Gasteiger partial charge is 0.321 e. The summed E-state index contributed by atoms with van der Waals surface area (Å²) in [5.74, 6) is 0.869. The second-order valence-electron chi connectivity index (χ2n) is 2.99. The average Bonchev–Trinajstić information content (AvgIpc) is 2.11. The predicted molar refractivity (Wildman–Crippen MR) is 47.8 cm³/mol. The molecule has 0 aromatic heterocycles. The number of nitrogens with one attached hydrogen (secondary N) is 1. The molecule has 1 unspecified atom stereocenters. The summed E-state index contributed by atoms with van der Waals surface area (Å²) in [6.07, 6.45) is 4.88. The Kier molecular flexibility index (Phi) is 2.87. The van der Waals surface area contributed by atoms with E-state index in [0.717, 1.165) is 0 Å². The number of carbonyl (C=O) groups excluding carboxylic acids is 3. The van der Waals surface area contributed by atoms with Gasteiger partial charge in [0.05, 0.1) is 6.42 Å². The van der Waals surface area contributed by atoms with Crippen LogP contribution in [0.2, 0.25) is 0 Å². The highest BCUT2D eigenvalue weighted by Crippen LogP contribution is 2.06. The summed E-state index contributed by atoms with van der Waals surface area (Å²) in [5, 5.41) is 2.13. The molecule has 0 saturated carbocycles. The highest BCUT2D eigenvalue weighted by Gasteiger charge is 2.32. The van der Waals surface area contributed by atoms with E-state index in [1.54, 1.807) is 6.92 Å². The number of amides is 3. The van der Waals surface area contributed by atoms with Gasteiger partial charge in [0.2, 0.25) is 17.7 Å². The summed E-state index contributed by atoms with van der Waals surface area (Å²) < 4.78 is 0. The lowest BCUT2D eigenvalue weighted by atomic mass is 10.2. The van der Waals surface area contributed by atoms with Crippen molar-refractivity contribution in [3.8, 4) is 12.3 Å². The summed E-state index contributed by atoms with van der Waals surface area (Å²) in [5.41, 5.74) is 0. The van der Waals surface area contributed by atoms with Crippen LogP contribution in [0.3, 0.4) is 0 Å². The van der Waals surface area contributed by atoms with Crippen LogP contribution >= 0.6 is 0 Å². The van der Waals surface area contributed by atoms with Crippen LogP contribution in [0, 0.1) is 12.3 Å². The first-order valence-corrected chi connectivity index (χ1v) is 4.13. The maximum Gasteiger partial charge on any atom is 0.249 e. The quantitative estimate of drug-likeness (QED) is 0.425. The van der Waals surface area contributed by atoms with Crippen molar-refractivity contribution in [1.82, 2.24) is 10.2 Å². The Morgan fingerprint density at radius 2 is 2.36 bits per heavy atom. The van der Waals surface area contributed by atoms with Gasteiger partial charge in [0.1, 0.15) is 12.6 Å². The smallest absolute Gasteiger partial charge is 0.249 e. The molecule has 0 aromatic carbocycles. The second kappa shape index (κ2) is 3.92.